The standard InChI is InChI=1S/C26H27FN2O5S/c1-3-34-22-11-8-20(9-12-22)29-35(31,32)24-17-21(10-13-23(24)33-2)28-25(30)26(14-5-15-26)18-6-4-7-19(27)16-18/h4,6-13,16-17,29H,3,5,14-15H2,1-2H3,(H,28,30). The maximum atomic E-state index is 13.8. The fraction of sp³-hybridized carbons (Fsp3) is 0.269. The Hall–Kier alpha value is -3.59. The van der Waals surface area contributed by atoms with Crippen molar-refractivity contribution >= 4 is 27.3 Å². The zero-order valence-corrected chi connectivity index (χ0v) is 20.3. The molecule has 4 rings (SSSR count). The quantitative estimate of drug-likeness (QED) is 0.428. The number of methoxy groups -OCH3 is 1. The summed E-state index contributed by atoms with van der Waals surface area (Å²) in [7, 11) is -2.67. The Balaban J connectivity index is 1.59. The lowest BCUT2D eigenvalue weighted by Crippen LogP contribution is -2.46. The molecule has 1 saturated carbocycles. The van der Waals surface area contributed by atoms with E-state index in [1.165, 1.54) is 31.4 Å². The van der Waals surface area contributed by atoms with Crippen LogP contribution in [0.4, 0.5) is 15.8 Å². The lowest BCUT2D eigenvalue weighted by atomic mass is 9.63. The highest BCUT2D eigenvalue weighted by Crippen LogP contribution is 2.45. The third-order valence-corrected chi connectivity index (χ3v) is 7.55. The van der Waals surface area contributed by atoms with Crippen LogP contribution in [0.25, 0.3) is 0 Å². The summed E-state index contributed by atoms with van der Waals surface area (Å²) in [5, 5.41) is 2.83. The van der Waals surface area contributed by atoms with Crippen molar-refractivity contribution < 1.29 is 27.1 Å². The predicted octanol–water partition coefficient (Wildman–Crippen LogP) is 5.09. The minimum atomic E-state index is -4.04. The zero-order valence-electron chi connectivity index (χ0n) is 19.5. The Labute approximate surface area is 204 Å². The van der Waals surface area contributed by atoms with E-state index >= 15 is 0 Å². The Morgan fingerprint density at radius 1 is 1.03 bits per heavy atom. The van der Waals surface area contributed by atoms with Crippen LogP contribution < -0.4 is 19.5 Å². The van der Waals surface area contributed by atoms with Crippen LogP contribution >= 0.6 is 0 Å². The molecule has 35 heavy (non-hydrogen) atoms. The summed E-state index contributed by atoms with van der Waals surface area (Å²) in [4.78, 5) is 13.2. The lowest BCUT2D eigenvalue weighted by Gasteiger charge is -2.40. The van der Waals surface area contributed by atoms with Crippen molar-refractivity contribution in [3.05, 3.63) is 78.1 Å². The number of anilines is 2. The van der Waals surface area contributed by atoms with Gasteiger partial charge >= 0.3 is 0 Å². The minimum Gasteiger partial charge on any atom is -0.495 e. The number of rotatable bonds is 9. The third kappa shape index (κ3) is 5.09. The number of carbonyl (C=O) groups excluding carboxylic acids is 1. The predicted molar refractivity (Wildman–Crippen MR) is 132 cm³/mol. The maximum absolute atomic E-state index is 13.8. The van der Waals surface area contributed by atoms with E-state index in [9.17, 15) is 17.6 Å². The molecule has 0 spiro atoms. The number of sulfonamides is 1. The number of halogens is 1. The molecule has 2 N–H and O–H groups in total. The van der Waals surface area contributed by atoms with Crippen molar-refractivity contribution in [3.8, 4) is 11.5 Å². The van der Waals surface area contributed by atoms with Gasteiger partial charge in [-0.3, -0.25) is 9.52 Å². The van der Waals surface area contributed by atoms with Crippen molar-refractivity contribution in [1.29, 1.82) is 0 Å². The maximum Gasteiger partial charge on any atom is 0.265 e. The molecule has 3 aromatic rings. The van der Waals surface area contributed by atoms with Gasteiger partial charge in [-0.25, -0.2) is 12.8 Å². The van der Waals surface area contributed by atoms with Crippen molar-refractivity contribution in [2.24, 2.45) is 0 Å². The highest BCUT2D eigenvalue weighted by molar-refractivity contribution is 7.92. The van der Waals surface area contributed by atoms with E-state index in [1.54, 1.807) is 42.5 Å². The molecule has 7 nitrogen and oxygen atoms in total. The Morgan fingerprint density at radius 3 is 2.34 bits per heavy atom. The van der Waals surface area contributed by atoms with Crippen LogP contribution in [0.3, 0.4) is 0 Å². The second-order valence-corrected chi connectivity index (χ2v) is 9.98. The molecule has 0 unspecified atom stereocenters. The molecule has 1 aliphatic rings. The van der Waals surface area contributed by atoms with Crippen molar-refractivity contribution in [2.45, 2.75) is 36.5 Å². The average Bonchev–Trinajstić information content (AvgIpc) is 2.80. The summed E-state index contributed by atoms with van der Waals surface area (Å²) in [6, 6.07) is 17.0. The van der Waals surface area contributed by atoms with Crippen molar-refractivity contribution in [2.75, 3.05) is 23.8 Å². The van der Waals surface area contributed by atoms with E-state index in [-0.39, 0.29) is 16.6 Å². The zero-order chi connectivity index (χ0) is 25.1. The summed E-state index contributed by atoms with van der Waals surface area (Å²) < 4.78 is 53.4. The lowest BCUT2D eigenvalue weighted by molar-refractivity contribution is -0.124. The molecule has 0 atom stereocenters. The van der Waals surface area contributed by atoms with Gasteiger partial charge in [0.2, 0.25) is 5.91 Å². The van der Waals surface area contributed by atoms with Gasteiger partial charge in [0.25, 0.3) is 10.0 Å². The van der Waals surface area contributed by atoms with Gasteiger partial charge in [0.1, 0.15) is 22.2 Å². The number of nitrogens with one attached hydrogen (secondary N) is 2. The summed E-state index contributed by atoms with van der Waals surface area (Å²) >= 11 is 0. The summed E-state index contributed by atoms with van der Waals surface area (Å²) in [6.45, 7) is 2.36. The summed E-state index contributed by atoms with van der Waals surface area (Å²) in [5.41, 5.74) is 0.413. The van der Waals surface area contributed by atoms with Crippen LogP contribution in [0.2, 0.25) is 0 Å². The van der Waals surface area contributed by atoms with Crippen molar-refractivity contribution in [3.63, 3.8) is 0 Å². The Kier molecular flexibility index (Phi) is 6.98. The molecule has 0 aromatic heterocycles. The SMILES string of the molecule is CCOc1ccc(NS(=O)(=O)c2cc(NC(=O)C3(c4cccc(F)c4)CCC3)ccc2OC)cc1. The normalized spacial score (nSPS) is 14.5. The van der Waals surface area contributed by atoms with Gasteiger partial charge in [0.05, 0.1) is 19.1 Å². The first-order valence-electron chi connectivity index (χ1n) is 11.3. The first-order chi connectivity index (χ1) is 16.8. The van der Waals surface area contributed by atoms with Crippen LogP contribution in [-0.4, -0.2) is 28.0 Å². The van der Waals surface area contributed by atoms with Crippen LogP contribution in [-0.2, 0) is 20.2 Å². The van der Waals surface area contributed by atoms with Gasteiger partial charge in [-0.1, -0.05) is 18.6 Å². The fourth-order valence-corrected chi connectivity index (χ4v) is 5.43. The van der Waals surface area contributed by atoms with Gasteiger partial charge in [-0.15, -0.1) is 0 Å². The van der Waals surface area contributed by atoms with Gasteiger partial charge in [0.15, 0.2) is 0 Å². The molecule has 3 aromatic carbocycles. The van der Waals surface area contributed by atoms with Gasteiger partial charge in [-0.2, -0.15) is 0 Å². The van der Waals surface area contributed by atoms with Crippen LogP contribution in [0.5, 0.6) is 11.5 Å². The fourth-order valence-electron chi connectivity index (χ4n) is 4.17. The van der Waals surface area contributed by atoms with E-state index < -0.39 is 21.3 Å². The molecular weight excluding hydrogens is 471 g/mol. The van der Waals surface area contributed by atoms with Crippen LogP contribution in [0.1, 0.15) is 31.7 Å². The molecule has 0 bridgehead atoms. The number of hydrogen-bond acceptors (Lipinski definition) is 5. The number of amides is 1. The molecule has 0 saturated heterocycles. The van der Waals surface area contributed by atoms with Crippen LogP contribution in [0.15, 0.2) is 71.6 Å². The molecule has 0 radical (unpaired) electrons. The van der Waals surface area contributed by atoms with E-state index in [2.05, 4.69) is 10.0 Å². The second kappa shape index (κ2) is 9.95. The first-order valence-corrected chi connectivity index (χ1v) is 12.8. The molecule has 184 valence electrons. The minimum absolute atomic E-state index is 0.125. The molecule has 0 heterocycles. The third-order valence-electron chi connectivity index (χ3n) is 6.15. The average molecular weight is 499 g/mol. The van der Waals surface area contributed by atoms with E-state index in [1.807, 2.05) is 6.92 Å². The Bertz CT molecular complexity index is 1320. The number of ether oxygens (including phenoxy) is 2. The monoisotopic (exact) mass is 498 g/mol. The molecule has 9 heteroatoms. The second-order valence-electron chi connectivity index (χ2n) is 8.33. The largest absolute Gasteiger partial charge is 0.495 e. The molecule has 0 aliphatic heterocycles. The topological polar surface area (TPSA) is 93.7 Å². The van der Waals surface area contributed by atoms with Crippen LogP contribution in [0, 0.1) is 5.82 Å². The smallest absolute Gasteiger partial charge is 0.265 e. The number of carbonyl (C=O) groups is 1. The summed E-state index contributed by atoms with van der Waals surface area (Å²) in [6.07, 6.45) is 2.02. The highest BCUT2D eigenvalue weighted by atomic mass is 32.2. The molecule has 1 fully saturated rings. The first kappa shape index (κ1) is 24.5. The van der Waals surface area contributed by atoms with E-state index in [0.29, 0.717) is 42.1 Å². The summed E-state index contributed by atoms with van der Waals surface area (Å²) in [5.74, 6) is 0.0491. The highest BCUT2D eigenvalue weighted by Gasteiger charge is 2.45. The van der Waals surface area contributed by atoms with Gasteiger partial charge < -0.3 is 14.8 Å². The molecule has 1 amide bonds. The number of benzene rings is 3. The van der Waals surface area contributed by atoms with Gasteiger partial charge in [-0.05, 0) is 79.9 Å². The molecular formula is C26H27FN2O5S. The van der Waals surface area contributed by atoms with Crippen molar-refractivity contribution in [1.82, 2.24) is 0 Å². The van der Waals surface area contributed by atoms with E-state index in [4.69, 9.17) is 9.47 Å². The van der Waals surface area contributed by atoms with E-state index in [0.717, 1.165) is 6.42 Å². The number of hydrogen-bond donors (Lipinski definition) is 2. The Morgan fingerprint density at radius 2 is 1.74 bits per heavy atom. The molecule has 1 aliphatic carbocycles. The van der Waals surface area contributed by atoms with Gasteiger partial charge in [0, 0.05) is 11.4 Å².